The maximum absolute atomic E-state index is 9.45. The number of hydrogen-bond acceptors (Lipinski definition) is 6. The Morgan fingerprint density at radius 2 is 0.889 bits per heavy atom. The SMILES string of the molecule is N#Cc1cnc(-c2ccc(-n3c4ccccc4c4cc(-c5ccc6c(c5)c5ccccc5n6-c5ccccc5)ccc43)c(-c3ncc(C#N)cn3)c2)nc1. The first-order chi connectivity index (χ1) is 26.7. The molecule has 0 aliphatic rings. The molecule has 0 fully saturated rings. The van der Waals surface area contributed by atoms with Crippen LogP contribution in [-0.2, 0) is 0 Å². The molecule has 54 heavy (non-hydrogen) atoms. The highest BCUT2D eigenvalue weighted by Crippen LogP contribution is 2.40. The molecular weight excluding hydrogens is 665 g/mol. The van der Waals surface area contributed by atoms with E-state index in [1.807, 2.05) is 30.3 Å². The molecule has 0 saturated carbocycles. The molecule has 0 amide bonds. The first-order valence-corrected chi connectivity index (χ1v) is 17.4. The van der Waals surface area contributed by atoms with Crippen LogP contribution in [0.2, 0.25) is 0 Å². The van der Waals surface area contributed by atoms with Gasteiger partial charge in [0, 0.05) is 63.1 Å². The molecule has 0 aliphatic carbocycles. The molecule has 0 unspecified atom stereocenters. The minimum absolute atomic E-state index is 0.374. The lowest BCUT2D eigenvalue weighted by Crippen LogP contribution is -2.01. The molecule has 4 heterocycles. The molecule has 0 bridgehead atoms. The quantitative estimate of drug-likeness (QED) is 0.178. The van der Waals surface area contributed by atoms with E-state index >= 15 is 0 Å². The Hall–Kier alpha value is -7.94. The Kier molecular flexibility index (Phi) is 7.07. The number of benzene rings is 6. The predicted octanol–water partition coefficient (Wildman–Crippen LogP) is 10.2. The van der Waals surface area contributed by atoms with E-state index in [4.69, 9.17) is 0 Å². The zero-order valence-corrected chi connectivity index (χ0v) is 28.6. The summed E-state index contributed by atoms with van der Waals surface area (Å²) < 4.78 is 4.57. The fraction of sp³-hybridized carbons (Fsp3) is 0. The maximum Gasteiger partial charge on any atom is 0.161 e. The molecular formula is C46H26N8. The summed E-state index contributed by atoms with van der Waals surface area (Å²) in [5.74, 6) is 0.941. The molecule has 6 aromatic carbocycles. The summed E-state index contributed by atoms with van der Waals surface area (Å²) in [7, 11) is 0. The smallest absolute Gasteiger partial charge is 0.161 e. The van der Waals surface area contributed by atoms with Crippen molar-refractivity contribution in [3.8, 4) is 57.4 Å². The molecule has 10 aromatic rings. The Morgan fingerprint density at radius 1 is 0.407 bits per heavy atom. The molecule has 10 rings (SSSR count). The molecule has 0 atom stereocenters. The summed E-state index contributed by atoms with van der Waals surface area (Å²) in [4.78, 5) is 18.1. The van der Waals surface area contributed by atoms with Crippen LogP contribution in [0.5, 0.6) is 0 Å². The molecule has 0 radical (unpaired) electrons. The second-order valence-electron chi connectivity index (χ2n) is 13.1. The van der Waals surface area contributed by atoms with E-state index in [0.717, 1.165) is 61.0 Å². The van der Waals surface area contributed by atoms with Gasteiger partial charge >= 0.3 is 0 Å². The minimum Gasteiger partial charge on any atom is -0.309 e. The van der Waals surface area contributed by atoms with Gasteiger partial charge in [-0.3, -0.25) is 0 Å². The monoisotopic (exact) mass is 690 g/mol. The predicted molar refractivity (Wildman–Crippen MR) is 212 cm³/mol. The van der Waals surface area contributed by atoms with E-state index in [9.17, 15) is 10.5 Å². The van der Waals surface area contributed by atoms with Crippen LogP contribution in [-0.4, -0.2) is 29.1 Å². The van der Waals surface area contributed by atoms with Gasteiger partial charge in [0.1, 0.15) is 12.1 Å². The Morgan fingerprint density at radius 3 is 1.48 bits per heavy atom. The lowest BCUT2D eigenvalue weighted by atomic mass is 10.0. The largest absolute Gasteiger partial charge is 0.309 e. The van der Waals surface area contributed by atoms with Crippen LogP contribution in [0.4, 0.5) is 0 Å². The van der Waals surface area contributed by atoms with Crippen LogP contribution in [0.25, 0.3) is 88.9 Å². The standard InChI is InChI=1S/C46H26N8/c47-23-29-25-49-45(50-26-29)33-16-19-44(39(22-33)46-51-27-30(24-48)28-52-46)54-41-13-7-5-11-36(41)38-21-32(15-18-43(38)54)31-14-17-42-37(20-31)35-10-4-6-12-40(35)53(42)34-8-2-1-3-9-34/h1-22,25-28H. The van der Waals surface area contributed by atoms with E-state index in [1.165, 1.54) is 41.1 Å². The van der Waals surface area contributed by atoms with Crippen molar-refractivity contribution in [2.24, 2.45) is 0 Å². The number of nitriles is 2. The molecule has 0 spiro atoms. The fourth-order valence-corrected chi connectivity index (χ4v) is 7.53. The zero-order valence-electron chi connectivity index (χ0n) is 28.6. The van der Waals surface area contributed by atoms with Gasteiger partial charge in [-0.15, -0.1) is 0 Å². The van der Waals surface area contributed by atoms with Crippen molar-refractivity contribution in [3.05, 3.63) is 169 Å². The molecule has 0 aliphatic heterocycles. The topological polar surface area (TPSA) is 109 Å². The van der Waals surface area contributed by atoms with Crippen molar-refractivity contribution < 1.29 is 0 Å². The van der Waals surface area contributed by atoms with Gasteiger partial charge in [0.25, 0.3) is 0 Å². The molecule has 8 heteroatoms. The number of nitrogens with zero attached hydrogens (tertiary/aromatic N) is 8. The molecule has 8 nitrogen and oxygen atoms in total. The van der Waals surface area contributed by atoms with E-state index in [-0.39, 0.29) is 0 Å². The van der Waals surface area contributed by atoms with Crippen molar-refractivity contribution in [3.63, 3.8) is 0 Å². The normalized spacial score (nSPS) is 11.3. The van der Waals surface area contributed by atoms with Crippen molar-refractivity contribution >= 4 is 43.6 Å². The van der Waals surface area contributed by atoms with E-state index in [1.54, 1.807) is 0 Å². The Labute approximate surface area is 309 Å². The summed E-state index contributed by atoms with van der Waals surface area (Å²) in [6.07, 6.45) is 6.09. The summed E-state index contributed by atoms with van der Waals surface area (Å²) in [6, 6.07) is 51.0. The van der Waals surface area contributed by atoms with Crippen LogP contribution in [0, 0.1) is 22.7 Å². The number of aromatic nitrogens is 6. The third-order valence-corrected chi connectivity index (χ3v) is 9.99. The first-order valence-electron chi connectivity index (χ1n) is 17.4. The summed E-state index contributed by atoms with van der Waals surface area (Å²) >= 11 is 0. The van der Waals surface area contributed by atoms with Crippen molar-refractivity contribution in [1.82, 2.24) is 29.1 Å². The van der Waals surface area contributed by atoms with Gasteiger partial charge in [-0.25, -0.2) is 19.9 Å². The summed E-state index contributed by atoms with van der Waals surface area (Å²) in [5, 5.41) is 23.4. The van der Waals surface area contributed by atoms with Crippen molar-refractivity contribution in [1.29, 1.82) is 10.5 Å². The van der Waals surface area contributed by atoms with Gasteiger partial charge in [-0.05, 0) is 77.9 Å². The number of fused-ring (bicyclic) bond motifs is 6. The zero-order chi connectivity index (χ0) is 36.2. The summed E-state index contributed by atoms with van der Waals surface area (Å²) in [5.41, 5.74) is 10.9. The Bertz CT molecular complexity index is 3160. The van der Waals surface area contributed by atoms with E-state index in [2.05, 4.69) is 144 Å². The average molecular weight is 691 g/mol. The molecule has 250 valence electrons. The average Bonchev–Trinajstić information content (AvgIpc) is 3.76. The lowest BCUT2D eigenvalue weighted by Gasteiger charge is -2.15. The van der Waals surface area contributed by atoms with Crippen molar-refractivity contribution in [2.75, 3.05) is 0 Å². The van der Waals surface area contributed by atoms with E-state index < -0.39 is 0 Å². The molecule has 0 N–H and O–H groups in total. The van der Waals surface area contributed by atoms with Gasteiger partial charge in [-0.2, -0.15) is 10.5 Å². The number of hydrogen-bond donors (Lipinski definition) is 0. The molecule has 4 aromatic heterocycles. The van der Waals surface area contributed by atoms with Crippen LogP contribution in [0.3, 0.4) is 0 Å². The van der Waals surface area contributed by atoms with Gasteiger partial charge in [0.15, 0.2) is 11.6 Å². The van der Waals surface area contributed by atoms with Crippen LogP contribution >= 0.6 is 0 Å². The summed E-state index contributed by atoms with van der Waals surface area (Å²) in [6.45, 7) is 0. The third kappa shape index (κ3) is 4.90. The maximum atomic E-state index is 9.45. The highest BCUT2D eigenvalue weighted by Gasteiger charge is 2.20. The number of rotatable bonds is 5. The molecule has 0 saturated heterocycles. The van der Waals surface area contributed by atoms with Gasteiger partial charge in [0.05, 0.1) is 38.9 Å². The van der Waals surface area contributed by atoms with Crippen LogP contribution in [0.15, 0.2) is 158 Å². The minimum atomic E-state index is 0.374. The van der Waals surface area contributed by atoms with Crippen molar-refractivity contribution in [2.45, 2.75) is 0 Å². The first kappa shape index (κ1) is 30.8. The second-order valence-corrected chi connectivity index (χ2v) is 13.1. The number of para-hydroxylation sites is 3. The highest BCUT2D eigenvalue weighted by atomic mass is 15.0. The van der Waals surface area contributed by atoms with Gasteiger partial charge in [0.2, 0.25) is 0 Å². The van der Waals surface area contributed by atoms with Crippen LogP contribution < -0.4 is 0 Å². The van der Waals surface area contributed by atoms with Gasteiger partial charge < -0.3 is 9.13 Å². The lowest BCUT2D eigenvalue weighted by molar-refractivity contribution is 1.12. The fourth-order valence-electron chi connectivity index (χ4n) is 7.53. The highest BCUT2D eigenvalue weighted by molar-refractivity contribution is 6.13. The Balaban J connectivity index is 1.16. The van der Waals surface area contributed by atoms with E-state index in [0.29, 0.717) is 22.8 Å². The van der Waals surface area contributed by atoms with Gasteiger partial charge in [-0.1, -0.05) is 66.7 Å². The third-order valence-electron chi connectivity index (χ3n) is 9.99. The van der Waals surface area contributed by atoms with Crippen LogP contribution in [0.1, 0.15) is 11.1 Å². The second kappa shape index (κ2) is 12.4.